The summed E-state index contributed by atoms with van der Waals surface area (Å²) in [5.41, 5.74) is 0. The molecule has 0 bridgehead atoms. The minimum Gasteiger partial charge on any atom is -0.358 e. The van der Waals surface area contributed by atoms with Crippen molar-refractivity contribution in [3.63, 3.8) is 0 Å². The second-order valence-electron chi connectivity index (χ2n) is 4.13. The van der Waals surface area contributed by atoms with E-state index in [0.29, 0.717) is 12.5 Å². The number of nitrogens with zero attached hydrogens (tertiary/aromatic N) is 2. The van der Waals surface area contributed by atoms with Gasteiger partial charge in [-0.3, -0.25) is 4.79 Å². The van der Waals surface area contributed by atoms with Crippen LogP contribution in [0.3, 0.4) is 0 Å². The first-order valence-electron chi connectivity index (χ1n) is 6.20. The van der Waals surface area contributed by atoms with E-state index >= 15 is 0 Å². The van der Waals surface area contributed by atoms with Crippen molar-refractivity contribution in [3.05, 3.63) is 12.4 Å². The van der Waals surface area contributed by atoms with Gasteiger partial charge >= 0.3 is 0 Å². The summed E-state index contributed by atoms with van der Waals surface area (Å²) in [6, 6.07) is -0.872. The molecule has 20 heavy (non-hydrogen) atoms. The summed E-state index contributed by atoms with van der Waals surface area (Å²) in [6.45, 7) is 4.16. The van der Waals surface area contributed by atoms with Gasteiger partial charge in [-0.2, -0.15) is 4.72 Å². The van der Waals surface area contributed by atoms with Crippen molar-refractivity contribution >= 4 is 21.9 Å². The van der Waals surface area contributed by atoms with Crippen LogP contribution in [0.2, 0.25) is 0 Å². The number of aromatic nitrogens is 2. The molecule has 0 aromatic carbocycles. The maximum Gasteiger partial charge on any atom is 0.244 e. The predicted molar refractivity (Wildman–Crippen MR) is 74.7 cm³/mol. The van der Waals surface area contributed by atoms with Crippen LogP contribution < -0.4 is 15.4 Å². The summed E-state index contributed by atoms with van der Waals surface area (Å²) < 4.78 is 26.2. The van der Waals surface area contributed by atoms with E-state index in [0.717, 1.165) is 6.42 Å². The van der Waals surface area contributed by atoms with Crippen molar-refractivity contribution in [3.8, 4) is 0 Å². The molecule has 0 fully saturated rings. The van der Waals surface area contributed by atoms with Gasteiger partial charge in [0.2, 0.25) is 21.9 Å². The number of carbonyl (C=O) groups excluding carboxylic acids is 1. The molecule has 112 valence electrons. The van der Waals surface area contributed by atoms with Gasteiger partial charge in [-0.05, 0) is 13.3 Å². The first-order valence-corrected chi connectivity index (χ1v) is 7.69. The van der Waals surface area contributed by atoms with E-state index in [1.165, 1.54) is 26.4 Å². The SMILES string of the molecule is CCCNc1ncc(S(=O)(=O)NC(C)C(=O)NC)cn1. The highest BCUT2D eigenvalue weighted by Gasteiger charge is 2.21. The number of anilines is 1. The first-order chi connectivity index (χ1) is 9.40. The van der Waals surface area contributed by atoms with Crippen molar-refractivity contribution in [1.82, 2.24) is 20.0 Å². The highest BCUT2D eigenvalue weighted by molar-refractivity contribution is 7.89. The molecule has 9 heteroatoms. The smallest absolute Gasteiger partial charge is 0.244 e. The van der Waals surface area contributed by atoms with E-state index < -0.39 is 22.0 Å². The van der Waals surface area contributed by atoms with Crippen LogP contribution in [0.5, 0.6) is 0 Å². The number of hydrogen-bond donors (Lipinski definition) is 3. The number of carbonyl (C=O) groups is 1. The van der Waals surface area contributed by atoms with Crippen LogP contribution >= 0.6 is 0 Å². The fourth-order valence-electron chi connectivity index (χ4n) is 1.35. The second-order valence-corrected chi connectivity index (χ2v) is 5.84. The molecular weight excluding hydrogens is 282 g/mol. The average molecular weight is 301 g/mol. The molecule has 0 radical (unpaired) electrons. The van der Waals surface area contributed by atoms with Gasteiger partial charge in [0, 0.05) is 13.6 Å². The standard InChI is InChI=1S/C11H19N5O3S/c1-4-5-13-11-14-6-9(7-15-11)20(18,19)16-8(2)10(17)12-3/h6-8,16H,4-5H2,1-3H3,(H,12,17)(H,13,14,15). The number of likely N-dealkylation sites (N-methyl/N-ethyl adjacent to an activating group) is 1. The van der Waals surface area contributed by atoms with Gasteiger partial charge in [0.25, 0.3) is 0 Å². The zero-order chi connectivity index (χ0) is 15.2. The summed E-state index contributed by atoms with van der Waals surface area (Å²) in [6.07, 6.45) is 3.31. The van der Waals surface area contributed by atoms with Crippen LogP contribution in [0.15, 0.2) is 17.3 Å². The molecule has 1 rings (SSSR count). The Labute approximate surface area is 118 Å². The summed E-state index contributed by atoms with van der Waals surface area (Å²) in [5.74, 6) is -0.0547. The van der Waals surface area contributed by atoms with E-state index in [1.54, 1.807) is 0 Å². The Morgan fingerprint density at radius 2 is 1.95 bits per heavy atom. The van der Waals surface area contributed by atoms with Crippen LogP contribution in [0.4, 0.5) is 5.95 Å². The normalized spacial score (nSPS) is 12.8. The number of hydrogen-bond acceptors (Lipinski definition) is 6. The molecule has 1 aromatic heterocycles. The molecule has 0 aliphatic heterocycles. The lowest BCUT2D eigenvalue weighted by molar-refractivity contribution is -0.121. The van der Waals surface area contributed by atoms with Gasteiger partial charge in [-0.15, -0.1) is 0 Å². The molecule has 0 saturated heterocycles. The molecule has 8 nitrogen and oxygen atoms in total. The molecule has 0 aliphatic carbocycles. The fraction of sp³-hybridized carbons (Fsp3) is 0.545. The third-order valence-electron chi connectivity index (χ3n) is 2.44. The van der Waals surface area contributed by atoms with Crippen LogP contribution in [0.25, 0.3) is 0 Å². The van der Waals surface area contributed by atoms with Crippen LogP contribution in [-0.4, -0.2) is 43.9 Å². The maximum atomic E-state index is 12.0. The van der Waals surface area contributed by atoms with Crippen molar-refractivity contribution in [2.75, 3.05) is 18.9 Å². The number of amides is 1. The molecule has 0 saturated carbocycles. The summed E-state index contributed by atoms with van der Waals surface area (Å²) in [4.78, 5) is 19.1. The summed E-state index contributed by atoms with van der Waals surface area (Å²) in [5, 5.41) is 5.30. The van der Waals surface area contributed by atoms with Gasteiger partial charge in [0.1, 0.15) is 4.90 Å². The van der Waals surface area contributed by atoms with E-state index in [9.17, 15) is 13.2 Å². The van der Waals surface area contributed by atoms with Crippen LogP contribution in [0.1, 0.15) is 20.3 Å². The summed E-state index contributed by atoms with van der Waals surface area (Å²) >= 11 is 0. The average Bonchev–Trinajstić information content (AvgIpc) is 2.44. The Kier molecular flexibility index (Phi) is 5.83. The zero-order valence-corrected chi connectivity index (χ0v) is 12.5. The van der Waals surface area contributed by atoms with Crippen LogP contribution in [0, 0.1) is 0 Å². The highest BCUT2D eigenvalue weighted by atomic mass is 32.2. The van der Waals surface area contributed by atoms with Gasteiger partial charge in [0.05, 0.1) is 18.4 Å². The Morgan fingerprint density at radius 3 is 2.45 bits per heavy atom. The second kappa shape index (κ2) is 7.15. The molecule has 1 unspecified atom stereocenters. The lowest BCUT2D eigenvalue weighted by atomic mass is 10.3. The third-order valence-corrected chi connectivity index (χ3v) is 3.94. The molecule has 1 heterocycles. The zero-order valence-electron chi connectivity index (χ0n) is 11.7. The Balaban J connectivity index is 2.80. The molecule has 1 atom stereocenters. The topological polar surface area (TPSA) is 113 Å². The monoisotopic (exact) mass is 301 g/mol. The molecule has 0 spiro atoms. The molecular formula is C11H19N5O3S. The molecule has 3 N–H and O–H groups in total. The van der Waals surface area contributed by atoms with Crippen molar-refractivity contribution in [2.24, 2.45) is 0 Å². The van der Waals surface area contributed by atoms with Gasteiger partial charge in [0.15, 0.2) is 0 Å². The largest absolute Gasteiger partial charge is 0.358 e. The van der Waals surface area contributed by atoms with E-state index in [1.807, 2.05) is 6.92 Å². The molecule has 1 aromatic rings. The number of nitrogens with one attached hydrogen (secondary N) is 3. The minimum absolute atomic E-state index is 0.0877. The first kappa shape index (κ1) is 16.3. The predicted octanol–water partition coefficient (Wildman–Crippen LogP) is -0.289. The lowest BCUT2D eigenvalue weighted by Crippen LogP contribution is -2.43. The Hall–Kier alpha value is -1.74. The third kappa shape index (κ3) is 4.42. The van der Waals surface area contributed by atoms with Crippen molar-refractivity contribution in [1.29, 1.82) is 0 Å². The van der Waals surface area contributed by atoms with Gasteiger partial charge < -0.3 is 10.6 Å². The number of rotatable bonds is 7. The van der Waals surface area contributed by atoms with Gasteiger partial charge in [-0.25, -0.2) is 18.4 Å². The van der Waals surface area contributed by atoms with Crippen molar-refractivity contribution < 1.29 is 13.2 Å². The highest BCUT2D eigenvalue weighted by Crippen LogP contribution is 2.08. The van der Waals surface area contributed by atoms with E-state index in [2.05, 4.69) is 25.3 Å². The van der Waals surface area contributed by atoms with E-state index in [4.69, 9.17) is 0 Å². The Bertz CT molecular complexity index is 544. The Morgan fingerprint density at radius 1 is 1.35 bits per heavy atom. The van der Waals surface area contributed by atoms with E-state index in [-0.39, 0.29) is 4.90 Å². The molecule has 1 amide bonds. The minimum atomic E-state index is -3.82. The number of sulfonamides is 1. The fourth-order valence-corrected chi connectivity index (χ4v) is 2.45. The van der Waals surface area contributed by atoms with Crippen LogP contribution in [-0.2, 0) is 14.8 Å². The quantitative estimate of drug-likeness (QED) is 0.638. The summed E-state index contributed by atoms with van der Waals surface area (Å²) in [7, 11) is -2.38. The lowest BCUT2D eigenvalue weighted by Gasteiger charge is -2.12. The van der Waals surface area contributed by atoms with Gasteiger partial charge in [-0.1, -0.05) is 6.92 Å². The van der Waals surface area contributed by atoms with Crippen molar-refractivity contribution in [2.45, 2.75) is 31.2 Å². The molecule has 0 aliphatic rings. The maximum absolute atomic E-state index is 12.0.